The standard InChI is InChI=1S/C18H21NO4/c1-10-12(3)18(13(4)11(2)17(10)22)23-15-7-5-14(6-8-15)19-16(21)9-20/h5-8,20,22H,9H2,1-4H3,(H,19,21). The normalized spacial score (nSPS) is 10.5. The quantitative estimate of drug-likeness (QED) is 0.808. The number of nitrogens with one attached hydrogen (secondary N) is 1. The maximum atomic E-state index is 11.1. The predicted octanol–water partition coefficient (Wildman–Crippen LogP) is 3.35. The monoisotopic (exact) mass is 315 g/mol. The van der Waals surface area contributed by atoms with Crippen LogP contribution in [0.15, 0.2) is 24.3 Å². The van der Waals surface area contributed by atoms with Crippen molar-refractivity contribution in [3.05, 3.63) is 46.5 Å². The number of carbonyl (C=O) groups excluding carboxylic acids is 1. The van der Waals surface area contributed by atoms with E-state index in [0.717, 1.165) is 28.0 Å². The second-order valence-electron chi connectivity index (χ2n) is 5.51. The fourth-order valence-electron chi connectivity index (χ4n) is 2.34. The van der Waals surface area contributed by atoms with Crippen LogP contribution in [0.25, 0.3) is 0 Å². The van der Waals surface area contributed by atoms with Gasteiger partial charge < -0.3 is 20.3 Å². The molecule has 0 atom stereocenters. The van der Waals surface area contributed by atoms with Gasteiger partial charge in [-0.25, -0.2) is 0 Å². The van der Waals surface area contributed by atoms with Gasteiger partial charge in [-0.3, -0.25) is 4.79 Å². The lowest BCUT2D eigenvalue weighted by molar-refractivity contribution is -0.118. The Kier molecular flexibility index (Phi) is 4.91. The highest BCUT2D eigenvalue weighted by Crippen LogP contribution is 2.38. The summed E-state index contributed by atoms with van der Waals surface area (Å²) < 4.78 is 5.97. The molecule has 0 aliphatic heterocycles. The number of hydrogen-bond acceptors (Lipinski definition) is 4. The first-order chi connectivity index (χ1) is 10.8. The molecule has 3 N–H and O–H groups in total. The molecule has 2 aromatic rings. The Morgan fingerprint density at radius 2 is 1.52 bits per heavy atom. The van der Waals surface area contributed by atoms with Gasteiger partial charge in [-0.15, -0.1) is 0 Å². The van der Waals surface area contributed by atoms with Crippen molar-refractivity contribution in [1.82, 2.24) is 0 Å². The molecule has 0 aliphatic rings. The molecule has 0 saturated heterocycles. The van der Waals surface area contributed by atoms with Crippen molar-refractivity contribution in [2.75, 3.05) is 11.9 Å². The number of anilines is 1. The molecule has 2 rings (SSSR count). The van der Waals surface area contributed by atoms with E-state index in [2.05, 4.69) is 5.32 Å². The number of aliphatic hydroxyl groups is 1. The Hall–Kier alpha value is -2.53. The summed E-state index contributed by atoms with van der Waals surface area (Å²) in [6, 6.07) is 6.88. The highest BCUT2D eigenvalue weighted by Gasteiger charge is 2.15. The van der Waals surface area contributed by atoms with Gasteiger partial charge in [0.25, 0.3) is 0 Å². The number of ether oxygens (including phenoxy) is 1. The molecule has 0 spiro atoms. The summed E-state index contributed by atoms with van der Waals surface area (Å²) in [5.74, 6) is 1.19. The predicted molar refractivity (Wildman–Crippen MR) is 89.3 cm³/mol. The van der Waals surface area contributed by atoms with Crippen molar-refractivity contribution >= 4 is 11.6 Å². The minimum atomic E-state index is -0.553. The number of phenolic OH excluding ortho intramolecular Hbond substituents is 1. The van der Waals surface area contributed by atoms with E-state index < -0.39 is 12.5 Å². The van der Waals surface area contributed by atoms with Crippen LogP contribution < -0.4 is 10.1 Å². The van der Waals surface area contributed by atoms with Gasteiger partial charge in [0.15, 0.2) is 0 Å². The summed E-state index contributed by atoms with van der Waals surface area (Å²) in [6.07, 6.45) is 0. The van der Waals surface area contributed by atoms with Crippen LogP contribution in [0.2, 0.25) is 0 Å². The second-order valence-corrected chi connectivity index (χ2v) is 5.51. The highest BCUT2D eigenvalue weighted by atomic mass is 16.5. The third kappa shape index (κ3) is 3.46. The summed E-state index contributed by atoms with van der Waals surface area (Å²) in [7, 11) is 0. The van der Waals surface area contributed by atoms with Crippen LogP contribution in [-0.4, -0.2) is 22.7 Å². The van der Waals surface area contributed by atoms with Crippen LogP contribution in [0.3, 0.4) is 0 Å². The lowest BCUT2D eigenvalue weighted by Gasteiger charge is -2.18. The van der Waals surface area contributed by atoms with Crippen LogP contribution in [0.4, 0.5) is 5.69 Å². The summed E-state index contributed by atoms with van der Waals surface area (Å²) in [6.45, 7) is 6.98. The summed E-state index contributed by atoms with van der Waals surface area (Å²) in [5, 5.41) is 21.4. The number of carbonyl (C=O) groups is 1. The van der Waals surface area contributed by atoms with Crippen molar-refractivity contribution < 1.29 is 19.7 Å². The van der Waals surface area contributed by atoms with E-state index in [-0.39, 0.29) is 0 Å². The molecule has 1 amide bonds. The Labute approximate surface area is 135 Å². The first-order valence-electron chi connectivity index (χ1n) is 7.33. The van der Waals surface area contributed by atoms with Crippen molar-refractivity contribution in [2.24, 2.45) is 0 Å². The number of aromatic hydroxyl groups is 1. The number of amides is 1. The van der Waals surface area contributed by atoms with E-state index in [4.69, 9.17) is 9.84 Å². The molecule has 2 aromatic carbocycles. The van der Waals surface area contributed by atoms with Crippen LogP contribution in [0.5, 0.6) is 17.2 Å². The Bertz CT molecular complexity index is 707. The van der Waals surface area contributed by atoms with Gasteiger partial charge in [-0.2, -0.15) is 0 Å². The van der Waals surface area contributed by atoms with E-state index in [1.54, 1.807) is 24.3 Å². The van der Waals surface area contributed by atoms with Gasteiger partial charge in [0.05, 0.1) is 0 Å². The third-order valence-electron chi connectivity index (χ3n) is 4.02. The molecule has 0 heterocycles. The molecule has 23 heavy (non-hydrogen) atoms. The zero-order valence-corrected chi connectivity index (χ0v) is 13.7. The largest absolute Gasteiger partial charge is 0.507 e. The highest BCUT2D eigenvalue weighted by molar-refractivity contribution is 5.91. The van der Waals surface area contributed by atoms with Crippen LogP contribution in [-0.2, 0) is 4.79 Å². The molecule has 0 saturated carbocycles. The molecule has 0 unspecified atom stereocenters. The number of phenols is 1. The van der Waals surface area contributed by atoms with Gasteiger partial charge in [0.2, 0.25) is 5.91 Å². The molecular formula is C18H21NO4. The number of benzene rings is 2. The fraction of sp³-hybridized carbons (Fsp3) is 0.278. The summed E-state index contributed by atoms with van der Waals surface area (Å²) >= 11 is 0. The molecule has 0 bridgehead atoms. The van der Waals surface area contributed by atoms with E-state index in [0.29, 0.717) is 17.2 Å². The molecule has 122 valence electrons. The van der Waals surface area contributed by atoms with E-state index in [1.807, 2.05) is 27.7 Å². The lowest BCUT2D eigenvalue weighted by atomic mass is 9.98. The second kappa shape index (κ2) is 6.71. The number of aliphatic hydroxyl groups excluding tert-OH is 1. The third-order valence-corrected chi connectivity index (χ3v) is 4.02. The van der Waals surface area contributed by atoms with Gasteiger partial charge >= 0.3 is 0 Å². The number of rotatable bonds is 4. The van der Waals surface area contributed by atoms with Gasteiger partial charge in [0, 0.05) is 5.69 Å². The van der Waals surface area contributed by atoms with Crippen LogP contribution >= 0.6 is 0 Å². The molecule has 5 heteroatoms. The van der Waals surface area contributed by atoms with E-state index in [9.17, 15) is 9.90 Å². The van der Waals surface area contributed by atoms with Gasteiger partial charge in [-0.05, 0) is 74.2 Å². The average Bonchev–Trinajstić information content (AvgIpc) is 2.56. The first kappa shape index (κ1) is 16.8. The summed E-state index contributed by atoms with van der Waals surface area (Å²) in [5.41, 5.74) is 3.97. The smallest absolute Gasteiger partial charge is 0.250 e. The Morgan fingerprint density at radius 3 is 2.00 bits per heavy atom. The van der Waals surface area contributed by atoms with Gasteiger partial charge in [-0.1, -0.05) is 0 Å². The van der Waals surface area contributed by atoms with Crippen molar-refractivity contribution in [3.8, 4) is 17.2 Å². The molecule has 0 fully saturated rings. The van der Waals surface area contributed by atoms with Crippen molar-refractivity contribution in [3.63, 3.8) is 0 Å². The van der Waals surface area contributed by atoms with Crippen LogP contribution in [0, 0.1) is 27.7 Å². The van der Waals surface area contributed by atoms with E-state index in [1.165, 1.54) is 0 Å². The van der Waals surface area contributed by atoms with Crippen LogP contribution in [0.1, 0.15) is 22.3 Å². The average molecular weight is 315 g/mol. The fourth-order valence-corrected chi connectivity index (χ4v) is 2.34. The molecular weight excluding hydrogens is 294 g/mol. The van der Waals surface area contributed by atoms with E-state index >= 15 is 0 Å². The van der Waals surface area contributed by atoms with Gasteiger partial charge in [0.1, 0.15) is 23.9 Å². The maximum absolute atomic E-state index is 11.1. The molecule has 0 aromatic heterocycles. The van der Waals surface area contributed by atoms with Crippen molar-refractivity contribution in [1.29, 1.82) is 0 Å². The summed E-state index contributed by atoms with van der Waals surface area (Å²) in [4.78, 5) is 11.1. The SMILES string of the molecule is Cc1c(C)c(Oc2ccc(NC(=O)CO)cc2)c(C)c(C)c1O. The Balaban J connectivity index is 2.28. The zero-order chi connectivity index (χ0) is 17.1. The first-order valence-corrected chi connectivity index (χ1v) is 7.33. The molecule has 0 aliphatic carbocycles. The molecule has 5 nitrogen and oxygen atoms in total. The van der Waals surface area contributed by atoms with Crippen molar-refractivity contribution in [2.45, 2.75) is 27.7 Å². The molecule has 0 radical (unpaired) electrons. The Morgan fingerprint density at radius 1 is 1.00 bits per heavy atom. The lowest BCUT2D eigenvalue weighted by Crippen LogP contribution is -2.15. The minimum absolute atomic E-state index is 0.300. The number of hydrogen-bond donors (Lipinski definition) is 3. The minimum Gasteiger partial charge on any atom is -0.507 e. The maximum Gasteiger partial charge on any atom is 0.250 e. The zero-order valence-electron chi connectivity index (χ0n) is 13.7. The topological polar surface area (TPSA) is 78.8 Å².